The van der Waals surface area contributed by atoms with E-state index in [1.165, 1.54) is 89.1 Å². The van der Waals surface area contributed by atoms with Gasteiger partial charge < -0.3 is 9.47 Å². The second-order valence-corrected chi connectivity index (χ2v) is 16.3. The van der Waals surface area contributed by atoms with Gasteiger partial charge in [0.1, 0.15) is 0 Å². The Labute approximate surface area is 325 Å². The summed E-state index contributed by atoms with van der Waals surface area (Å²) in [5, 5.41) is 2.58. The first kappa shape index (κ1) is 33.4. The summed E-state index contributed by atoms with van der Waals surface area (Å²) in [5.41, 5.74) is 18.4. The molecule has 0 N–H and O–H groups in total. The molecule has 0 radical (unpaired) electrons. The van der Waals surface area contributed by atoms with Crippen LogP contribution in [0.15, 0.2) is 181 Å². The van der Waals surface area contributed by atoms with Crippen molar-refractivity contribution in [3.63, 3.8) is 0 Å². The lowest BCUT2D eigenvalue weighted by Crippen LogP contribution is -2.24. The average Bonchev–Trinajstić information content (AvgIpc) is 3.67. The molecular weight excluding hydrogens is 665 g/mol. The molecule has 2 atom stereocenters. The van der Waals surface area contributed by atoms with Gasteiger partial charge in [0.2, 0.25) is 0 Å². The van der Waals surface area contributed by atoms with Crippen LogP contribution in [0, 0.1) is 11.8 Å². The molecular formula is C53H46N2. The van der Waals surface area contributed by atoms with E-state index in [0.717, 1.165) is 12.8 Å². The molecule has 10 rings (SSSR count). The fourth-order valence-corrected chi connectivity index (χ4v) is 9.57. The Morgan fingerprint density at radius 1 is 0.600 bits per heavy atom. The standard InChI is InChI=1S/C53H46N2/c1-35-19-28-48-46(31-35)44-27-26-43(34-49(44)53(48,3)4)54(42-24-20-38(21-25-42)37-13-7-5-8-14-37)50-29-22-39(32-36(50)2)40-23-30-52-47(33-40)45-17-11-12-18-51(45)55(52)41-15-9-6-10-16-41/h5-30,33-36H,31-32H2,1-4H3. The van der Waals surface area contributed by atoms with E-state index in [1.807, 2.05) is 0 Å². The fourth-order valence-electron chi connectivity index (χ4n) is 9.57. The van der Waals surface area contributed by atoms with Gasteiger partial charge in [0.05, 0.1) is 11.0 Å². The molecule has 1 aromatic heterocycles. The third-order valence-electron chi connectivity index (χ3n) is 12.4. The molecule has 1 heterocycles. The summed E-state index contributed by atoms with van der Waals surface area (Å²) in [7, 11) is 0. The van der Waals surface area contributed by atoms with Crippen LogP contribution in [0.4, 0.5) is 11.4 Å². The first-order chi connectivity index (χ1) is 26.8. The number of fused-ring (bicyclic) bond motifs is 5. The van der Waals surface area contributed by atoms with Crippen molar-refractivity contribution >= 4 is 44.3 Å². The Bertz CT molecular complexity index is 2740. The van der Waals surface area contributed by atoms with Crippen LogP contribution in [0.3, 0.4) is 0 Å². The zero-order chi connectivity index (χ0) is 37.3. The van der Waals surface area contributed by atoms with Gasteiger partial charge in [-0.2, -0.15) is 0 Å². The number of rotatable bonds is 6. The maximum absolute atomic E-state index is 2.52. The minimum absolute atomic E-state index is 0.0396. The largest absolute Gasteiger partial charge is 0.314 e. The summed E-state index contributed by atoms with van der Waals surface area (Å²) in [6.07, 6.45) is 11.6. The quantitative estimate of drug-likeness (QED) is 0.167. The van der Waals surface area contributed by atoms with Gasteiger partial charge in [-0.25, -0.2) is 0 Å². The highest BCUT2D eigenvalue weighted by Gasteiger charge is 2.38. The third-order valence-corrected chi connectivity index (χ3v) is 12.4. The number of hydrogen-bond donors (Lipinski definition) is 0. The van der Waals surface area contributed by atoms with Crippen molar-refractivity contribution in [1.82, 2.24) is 4.57 Å². The molecule has 3 aliphatic carbocycles. The maximum atomic E-state index is 2.52. The molecule has 3 aliphatic rings. The summed E-state index contributed by atoms with van der Waals surface area (Å²) in [5.74, 6) is 0.865. The molecule has 0 saturated heterocycles. The van der Waals surface area contributed by atoms with Gasteiger partial charge in [0, 0.05) is 44.9 Å². The topological polar surface area (TPSA) is 8.17 Å². The molecule has 7 aromatic rings. The van der Waals surface area contributed by atoms with Gasteiger partial charge >= 0.3 is 0 Å². The molecule has 0 aliphatic heterocycles. The zero-order valence-electron chi connectivity index (χ0n) is 32.1. The molecule has 268 valence electrons. The van der Waals surface area contributed by atoms with Gasteiger partial charge in [-0.3, -0.25) is 0 Å². The lowest BCUT2D eigenvalue weighted by atomic mass is 9.79. The summed E-state index contributed by atoms with van der Waals surface area (Å²) in [4.78, 5) is 2.52. The van der Waals surface area contributed by atoms with Crippen LogP contribution < -0.4 is 4.90 Å². The molecule has 6 aromatic carbocycles. The Morgan fingerprint density at radius 3 is 2.05 bits per heavy atom. The molecule has 0 spiro atoms. The summed E-state index contributed by atoms with van der Waals surface area (Å²) in [6.45, 7) is 9.54. The predicted molar refractivity (Wildman–Crippen MR) is 234 cm³/mol. The maximum Gasteiger partial charge on any atom is 0.0541 e. The Kier molecular flexibility index (Phi) is 7.92. The smallest absolute Gasteiger partial charge is 0.0541 e. The minimum atomic E-state index is -0.0396. The molecule has 2 heteroatoms. The normalized spacial score (nSPS) is 18.6. The van der Waals surface area contributed by atoms with Gasteiger partial charge in [0.25, 0.3) is 0 Å². The molecule has 55 heavy (non-hydrogen) atoms. The third kappa shape index (κ3) is 5.54. The van der Waals surface area contributed by atoms with Gasteiger partial charge in [0.15, 0.2) is 0 Å². The zero-order valence-corrected chi connectivity index (χ0v) is 32.1. The van der Waals surface area contributed by atoms with Crippen LogP contribution in [0.2, 0.25) is 0 Å². The van der Waals surface area contributed by atoms with Gasteiger partial charge in [-0.1, -0.05) is 137 Å². The number of nitrogens with zero attached hydrogens (tertiary/aromatic N) is 2. The lowest BCUT2D eigenvalue weighted by molar-refractivity contribution is 0.642. The highest BCUT2D eigenvalue weighted by molar-refractivity contribution is 6.10. The molecule has 0 saturated carbocycles. The SMILES string of the molecule is CC1C=CC2=C(C1)c1ccc(N(C3=CC=C(c4ccc5c(c4)c4ccccc4n5-c4ccccc4)CC3C)c3ccc(-c4ccccc4)cc3)cc1C2(C)C. The van der Waals surface area contributed by atoms with Gasteiger partial charge in [-0.05, 0) is 124 Å². The van der Waals surface area contributed by atoms with Crippen LogP contribution in [0.25, 0.3) is 49.8 Å². The Hall–Kier alpha value is -6.12. The fraction of sp³-hybridized carbons (Fsp3) is 0.170. The predicted octanol–water partition coefficient (Wildman–Crippen LogP) is 14.2. The number of para-hydroxylation sites is 2. The lowest BCUT2D eigenvalue weighted by Gasteiger charge is -2.35. The van der Waals surface area contributed by atoms with Crippen LogP contribution in [-0.2, 0) is 5.41 Å². The minimum Gasteiger partial charge on any atom is -0.314 e. The number of anilines is 2. The van der Waals surface area contributed by atoms with Crippen LogP contribution in [0.1, 0.15) is 57.2 Å². The van der Waals surface area contributed by atoms with E-state index in [4.69, 9.17) is 0 Å². The number of allylic oxidation sites excluding steroid dienone is 8. The Balaban J connectivity index is 1.07. The van der Waals surface area contributed by atoms with Crippen molar-refractivity contribution in [2.75, 3.05) is 4.90 Å². The average molecular weight is 711 g/mol. The molecule has 0 fully saturated rings. The molecule has 2 nitrogen and oxygen atoms in total. The summed E-state index contributed by atoms with van der Waals surface area (Å²) in [6, 6.07) is 53.7. The van der Waals surface area contributed by atoms with Crippen molar-refractivity contribution in [2.24, 2.45) is 11.8 Å². The Morgan fingerprint density at radius 2 is 1.27 bits per heavy atom. The summed E-state index contributed by atoms with van der Waals surface area (Å²) >= 11 is 0. The summed E-state index contributed by atoms with van der Waals surface area (Å²) < 4.78 is 2.39. The number of aromatic nitrogens is 1. The van der Waals surface area contributed by atoms with E-state index in [2.05, 4.69) is 207 Å². The van der Waals surface area contributed by atoms with Crippen molar-refractivity contribution in [3.8, 4) is 16.8 Å². The second kappa shape index (κ2) is 13.0. The van der Waals surface area contributed by atoms with Crippen LogP contribution >= 0.6 is 0 Å². The van der Waals surface area contributed by atoms with E-state index in [1.54, 1.807) is 0 Å². The van der Waals surface area contributed by atoms with E-state index >= 15 is 0 Å². The van der Waals surface area contributed by atoms with Crippen molar-refractivity contribution in [3.05, 3.63) is 198 Å². The first-order valence-electron chi connectivity index (χ1n) is 19.9. The van der Waals surface area contributed by atoms with Gasteiger partial charge in [-0.15, -0.1) is 0 Å². The van der Waals surface area contributed by atoms with E-state index in [-0.39, 0.29) is 5.41 Å². The van der Waals surface area contributed by atoms with Crippen LogP contribution in [-0.4, -0.2) is 4.57 Å². The highest BCUT2D eigenvalue weighted by Crippen LogP contribution is 2.52. The second-order valence-electron chi connectivity index (χ2n) is 16.3. The molecule has 0 bridgehead atoms. The first-order valence-corrected chi connectivity index (χ1v) is 19.9. The van der Waals surface area contributed by atoms with E-state index in [9.17, 15) is 0 Å². The van der Waals surface area contributed by atoms with Crippen LogP contribution in [0.5, 0.6) is 0 Å². The van der Waals surface area contributed by atoms with E-state index in [0.29, 0.717) is 11.8 Å². The molecule has 2 unspecified atom stereocenters. The highest BCUT2D eigenvalue weighted by atomic mass is 15.2. The molecule has 0 amide bonds. The van der Waals surface area contributed by atoms with Crippen molar-refractivity contribution < 1.29 is 0 Å². The van der Waals surface area contributed by atoms with E-state index < -0.39 is 0 Å². The van der Waals surface area contributed by atoms with Crippen molar-refractivity contribution in [2.45, 2.75) is 46.0 Å². The van der Waals surface area contributed by atoms with Crippen molar-refractivity contribution in [1.29, 1.82) is 0 Å². The number of hydrogen-bond acceptors (Lipinski definition) is 1. The number of benzene rings is 6. The monoisotopic (exact) mass is 710 g/mol.